The summed E-state index contributed by atoms with van der Waals surface area (Å²) in [6.07, 6.45) is 0.694. The normalized spacial score (nSPS) is 10.9. The molecule has 1 aromatic heterocycles. The molecule has 0 aliphatic rings. The lowest BCUT2D eigenvalue weighted by atomic mass is 10.1. The van der Waals surface area contributed by atoms with Gasteiger partial charge in [-0.3, -0.25) is 9.36 Å². The zero-order valence-corrected chi connectivity index (χ0v) is 20.2. The fraction of sp³-hybridized carbons (Fsp3) is 0.222. The van der Waals surface area contributed by atoms with E-state index in [1.54, 1.807) is 18.9 Å². The number of aryl methyl sites for hydroxylation is 1. The van der Waals surface area contributed by atoms with Crippen LogP contribution in [0.4, 0.5) is 0 Å². The molecule has 3 aromatic carbocycles. The molecule has 0 saturated carbocycles. The van der Waals surface area contributed by atoms with Crippen molar-refractivity contribution in [1.82, 2.24) is 20.1 Å². The third kappa shape index (κ3) is 6.12. The van der Waals surface area contributed by atoms with Crippen molar-refractivity contribution in [3.63, 3.8) is 0 Å². The van der Waals surface area contributed by atoms with Gasteiger partial charge in [0.1, 0.15) is 5.82 Å². The average molecular weight is 473 g/mol. The molecule has 0 unspecified atom stereocenters. The monoisotopic (exact) mass is 472 g/mol. The molecule has 0 atom stereocenters. The molecule has 1 heterocycles. The lowest BCUT2D eigenvalue weighted by Gasteiger charge is -2.11. The molecule has 7 heteroatoms. The Labute approximate surface area is 204 Å². The number of amides is 1. The van der Waals surface area contributed by atoms with E-state index < -0.39 is 0 Å². The van der Waals surface area contributed by atoms with Crippen LogP contribution in [-0.2, 0) is 16.9 Å². The molecule has 1 N–H and O–H groups in total. The van der Waals surface area contributed by atoms with E-state index in [1.165, 1.54) is 11.1 Å². The number of ether oxygens (including phenoxy) is 1. The molecule has 174 valence electrons. The summed E-state index contributed by atoms with van der Waals surface area (Å²) in [6, 6.07) is 26.4. The third-order valence-corrected chi connectivity index (χ3v) is 6.35. The summed E-state index contributed by atoms with van der Waals surface area (Å²) in [5.74, 6) is 1.47. The molecule has 0 fully saturated rings. The number of nitrogens with one attached hydrogen (secondary N) is 1. The van der Waals surface area contributed by atoms with Crippen LogP contribution < -0.4 is 5.32 Å². The van der Waals surface area contributed by atoms with Crippen molar-refractivity contribution in [3.8, 4) is 5.69 Å². The van der Waals surface area contributed by atoms with Gasteiger partial charge in [0.25, 0.3) is 5.91 Å². The highest BCUT2D eigenvalue weighted by atomic mass is 32.2. The highest BCUT2D eigenvalue weighted by Gasteiger charge is 2.16. The Morgan fingerprint density at radius 2 is 1.74 bits per heavy atom. The first-order valence-corrected chi connectivity index (χ1v) is 12.2. The highest BCUT2D eigenvalue weighted by Crippen LogP contribution is 2.27. The number of thioether (sulfide) groups is 1. The number of hydrogen-bond acceptors (Lipinski definition) is 5. The number of aromatic nitrogens is 3. The summed E-state index contributed by atoms with van der Waals surface area (Å²) >= 11 is 1.61. The van der Waals surface area contributed by atoms with Crippen LogP contribution >= 0.6 is 11.8 Å². The Hall–Kier alpha value is -3.42. The average Bonchev–Trinajstić information content (AvgIpc) is 3.26. The number of methoxy groups -OCH3 is 1. The van der Waals surface area contributed by atoms with Gasteiger partial charge in [0.15, 0.2) is 5.16 Å². The quantitative estimate of drug-likeness (QED) is 0.264. The summed E-state index contributed by atoms with van der Waals surface area (Å²) in [5.41, 5.74) is 5.12. The van der Waals surface area contributed by atoms with Gasteiger partial charge in [-0.2, -0.15) is 0 Å². The molecule has 0 aliphatic carbocycles. The Morgan fingerprint density at radius 1 is 0.971 bits per heavy atom. The summed E-state index contributed by atoms with van der Waals surface area (Å²) in [5, 5.41) is 12.7. The largest absolute Gasteiger partial charge is 0.383 e. The van der Waals surface area contributed by atoms with Gasteiger partial charge in [0, 0.05) is 37.1 Å². The van der Waals surface area contributed by atoms with Crippen molar-refractivity contribution < 1.29 is 9.53 Å². The molecule has 0 saturated heterocycles. The van der Waals surface area contributed by atoms with E-state index in [0.29, 0.717) is 30.9 Å². The van der Waals surface area contributed by atoms with Crippen LogP contribution in [0, 0.1) is 6.92 Å². The van der Waals surface area contributed by atoms with E-state index in [9.17, 15) is 4.79 Å². The predicted molar refractivity (Wildman–Crippen MR) is 136 cm³/mol. The molecule has 0 radical (unpaired) electrons. The molecule has 0 bridgehead atoms. The standard InChI is InChI=1S/C27H28N4O2S/c1-20-11-13-24(14-12-20)31-25(18-21-7-4-3-5-8-21)29-30-27(31)34-19-22-9-6-10-23(17-22)26(32)28-15-16-33-2/h3-14,17H,15-16,18-19H2,1-2H3,(H,28,32). The molecular formula is C27H28N4O2S. The van der Waals surface area contributed by atoms with Crippen LogP contribution in [0.5, 0.6) is 0 Å². The first kappa shape index (κ1) is 23.7. The minimum absolute atomic E-state index is 0.100. The van der Waals surface area contributed by atoms with Gasteiger partial charge < -0.3 is 10.1 Å². The van der Waals surface area contributed by atoms with Gasteiger partial charge >= 0.3 is 0 Å². The summed E-state index contributed by atoms with van der Waals surface area (Å²) in [4.78, 5) is 12.4. The van der Waals surface area contributed by atoms with Gasteiger partial charge in [0.2, 0.25) is 0 Å². The van der Waals surface area contributed by atoms with Crippen molar-refractivity contribution in [3.05, 3.63) is 107 Å². The fourth-order valence-electron chi connectivity index (χ4n) is 3.56. The topological polar surface area (TPSA) is 69.0 Å². The zero-order chi connectivity index (χ0) is 23.8. The zero-order valence-electron chi connectivity index (χ0n) is 19.4. The molecule has 4 aromatic rings. The molecular weight excluding hydrogens is 444 g/mol. The van der Waals surface area contributed by atoms with Crippen LogP contribution in [-0.4, -0.2) is 40.9 Å². The van der Waals surface area contributed by atoms with Gasteiger partial charge in [-0.15, -0.1) is 10.2 Å². The van der Waals surface area contributed by atoms with E-state index in [-0.39, 0.29) is 5.91 Å². The number of nitrogens with zero attached hydrogens (tertiary/aromatic N) is 3. The Bertz CT molecular complexity index is 1220. The molecule has 1 amide bonds. The van der Waals surface area contributed by atoms with Crippen molar-refractivity contribution in [1.29, 1.82) is 0 Å². The van der Waals surface area contributed by atoms with Gasteiger partial charge in [-0.05, 0) is 42.3 Å². The van der Waals surface area contributed by atoms with Crippen LogP contribution in [0.1, 0.15) is 32.9 Å². The predicted octanol–water partition coefficient (Wildman–Crippen LogP) is 4.84. The van der Waals surface area contributed by atoms with Gasteiger partial charge in [0.05, 0.1) is 6.61 Å². The SMILES string of the molecule is COCCNC(=O)c1cccc(CSc2nnc(Cc3ccccc3)n2-c2ccc(C)cc2)c1. The van der Waals surface area contributed by atoms with Crippen molar-refractivity contribution >= 4 is 17.7 Å². The Kier molecular flexibility index (Phi) is 8.12. The molecule has 0 spiro atoms. The molecule has 34 heavy (non-hydrogen) atoms. The molecule has 6 nitrogen and oxygen atoms in total. The Morgan fingerprint density at radius 3 is 2.50 bits per heavy atom. The van der Waals surface area contributed by atoms with Crippen LogP contribution in [0.2, 0.25) is 0 Å². The van der Waals surface area contributed by atoms with E-state index in [4.69, 9.17) is 4.74 Å². The Balaban J connectivity index is 1.54. The lowest BCUT2D eigenvalue weighted by Crippen LogP contribution is -2.26. The second-order valence-electron chi connectivity index (χ2n) is 7.97. The number of carbonyl (C=O) groups excluding carboxylic acids is 1. The van der Waals surface area contributed by atoms with E-state index in [0.717, 1.165) is 22.2 Å². The third-order valence-electron chi connectivity index (χ3n) is 5.35. The maximum absolute atomic E-state index is 12.4. The van der Waals surface area contributed by atoms with E-state index in [2.05, 4.69) is 63.4 Å². The second-order valence-corrected chi connectivity index (χ2v) is 8.91. The van der Waals surface area contributed by atoms with E-state index in [1.807, 2.05) is 42.5 Å². The molecule has 0 aliphatic heterocycles. The minimum Gasteiger partial charge on any atom is -0.383 e. The van der Waals surface area contributed by atoms with Gasteiger partial charge in [-0.25, -0.2) is 0 Å². The van der Waals surface area contributed by atoms with Crippen LogP contribution in [0.15, 0.2) is 84.0 Å². The van der Waals surface area contributed by atoms with Crippen molar-refractivity contribution in [2.75, 3.05) is 20.3 Å². The summed E-state index contributed by atoms with van der Waals surface area (Å²) in [6.45, 7) is 3.05. The van der Waals surface area contributed by atoms with Crippen LogP contribution in [0.3, 0.4) is 0 Å². The summed E-state index contributed by atoms with van der Waals surface area (Å²) < 4.78 is 7.12. The fourth-order valence-corrected chi connectivity index (χ4v) is 4.47. The number of hydrogen-bond donors (Lipinski definition) is 1. The van der Waals surface area contributed by atoms with Crippen molar-refractivity contribution in [2.24, 2.45) is 0 Å². The number of rotatable bonds is 10. The number of benzene rings is 3. The molecule has 4 rings (SSSR count). The first-order valence-electron chi connectivity index (χ1n) is 11.2. The maximum Gasteiger partial charge on any atom is 0.251 e. The van der Waals surface area contributed by atoms with Crippen molar-refractivity contribution in [2.45, 2.75) is 24.3 Å². The minimum atomic E-state index is -0.100. The maximum atomic E-state index is 12.4. The van der Waals surface area contributed by atoms with E-state index >= 15 is 0 Å². The first-order chi connectivity index (χ1) is 16.6. The van der Waals surface area contributed by atoms with Crippen LogP contribution in [0.25, 0.3) is 5.69 Å². The second kappa shape index (κ2) is 11.6. The number of carbonyl (C=O) groups is 1. The smallest absolute Gasteiger partial charge is 0.251 e. The highest BCUT2D eigenvalue weighted by molar-refractivity contribution is 7.98. The van der Waals surface area contributed by atoms with Gasteiger partial charge in [-0.1, -0.05) is 71.9 Å². The summed E-state index contributed by atoms with van der Waals surface area (Å²) in [7, 11) is 1.62. The lowest BCUT2D eigenvalue weighted by molar-refractivity contribution is 0.0937.